The van der Waals surface area contributed by atoms with Gasteiger partial charge in [-0.25, -0.2) is 15.4 Å². The summed E-state index contributed by atoms with van der Waals surface area (Å²) in [5.74, 6) is 0.635. The van der Waals surface area contributed by atoms with Gasteiger partial charge in [0.15, 0.2) is 12.3 Å². The normalized spacial score (nSPS) is 12.7. The lowest BCUT2D eigenvalue weighted by Crippen LogP contribution is -2.38. The summed E-state index contributed by atoms with van der Waals surface area (Å²) >= 11 is 6.18. The van der Waals surface area contributed by atoms with Crippen molar-refractivity contribution >= 4 is 34.4 Å². The molecule has 1 amide bonds. The van der Waals surface area contributed by atoms with Crippen LogP contribution in [0.2, 0.25) is 5.02 Å². The third-order valence-electron chi connectivity index (χ3n) is 6.02. The minimum Gasteiger partial charge on any atom is -0.350 e. The molecule has 1 fully saturated rings. The molecule has 3 heterocycles. The molecule has 2 aromatic heterocycles. The summed E-state index contributed by atoms with van der Waals surface area (Å²) in [7, 11) is 2.07. The van der Waals surface area contributed by atoms with Gasteiger partial charge in [0.05, 0.1) is 5.56 Å². The van der Waals surface area contributed by atoms with E-state index in [4.69, 9.17) is 22.1 Å². The second kappa shape index (κ2) is 16.3. The van der Waals surface area contributed by atoms with Crippen LogP contribution in [0.3, 0.4) is 0 Å². The fraction of sp³-hybridized carbons (Fsp3) is 0.375. The molecule has 3 aromatic rings. The number of hydrogen-bond donors (Lipinski definition) is 4. The molecule has 0 radical (unpaired) electrons. The average Bonchev–Trinajstić information content (AvgIpc) is 3.21. The summed E-state index contributed by atoms with van der Waals surface area (Å²) in [4.78, 5) is 25.0. The van der Waals surface area contributed by atoms with Crippen LogP contribution in [0.15, 0.2) is 36.8 Å². The number of piperidine rings is 1. The molecule has 0 saturated carbocycles. The van der Waals surface area contributed by atoms with Crippen molar-refractivity contribution in [3.63, 3.8) is 0 Å². The fourth-order valence-corrected chi connectivity index (χ4v) is 4.37. The van der Waals surface area contributed by atoms with E-state index >= 15 is 0 Å². The second-order valence-corrected chi connectivity index (χ2v) is 8.75. The van der Waals surface area contributed by atoms with Gasteiger partial charge < -0.3 is 14.8 Å². The Morgan fingerprint density at radius 1 is 1.26 bits per heavy atom. The van der Waals surface area contributed by atoms with Crippen molar-refractivity contribution in [2.75, 3.05) is 31.1 Å². The van der Waals surface area contributed by atoms with Crippen molar-refractivity contribution in [3.05, 3.63) is 52.9 Å². The SMILES string of the molecule is Cn1cc(CCNCC2CCN(c3ncc(C(=O)NO)cn3)CC2)c2cc(Cl)ccc21.F.F.OOC#CF. The van der Waals surface area contributed by atoms with E-state index in [9.17, 15) is 9.18 Å². The van der Waals surface area contributed by atoms with Gasteiger partial charge in [-0.2, -0.15) is 5.26 Å². The number of nitrogens with zero attached hydrogens (tertiary/aromatic N) is 4. The monoisotopic (exact) mass is 558 g/mol. The number of hydroxylamine groups is 1. The summed E-state index contributed by atoms with van der Waals surface area (Å²) in [5, 5.41) is 21.4. The maximum atomic E-state index is 11.4. The third kappa shape index (κ3) is 8.77. The van der Waals surface area contributed by atoms with Crippen LogP contribution in [0.1, 0.15) is 28.8 Å². The number of anilines is 1. The highest BCUT2D eigenvalue weighted by molar-refractivity contribution is 6.31. The number of aromatic nitrogens is 3. The van der Waals surface area contributed by atoms with Crippen molar-refractivity contribution in [2.24, 2.45) is 13.0 Å². The Balaban J connectivity index is 0.000000946. The van der Waals surface area contributed by atoms with Gasteiger partial charge in [0.25, 0.3) is 5.91 Å². The van der Waals surface area contributed by atoms with Gasteiger partial charge in [-0.05, 0) is 62.0 Å². The van der Waals surface area contributed by atoms with Crippen molar-refractivity contribution in [3.8, 4) is 12.3 Å². The predicted molar refractivity (Wildman–Crippen MR) is 138 cm³/mol. The van der Waals surface area contributed by atoms with E-state index < -0.39 is 5.91 Å². The molecule has 1 saturated heterocycles. The van der Waals surface area contributed by atoms with Gasteiger partial charge in [0.2, 0.25) is 5.95 Å². The fourth-order valence-electron chi connectivity index (χ4n) is 4.19. The van der Waals surface area contributed by atoms with Gasteiger partial charge in [-0.15, -0.1) is 4.39 Å². The van der Waals surface area contributed by atoms with Crippen molar-refractivity contribution < 1.29 is 33.9 Å². The van der Waals surface area contributed by atoms with Gasteiger partial charge in [-0.1, -0.05) is 11.6 Å². The lowest BCUT2D eigenvalue weighted by atomic mass is 9.97. The highest BCUT2D eigenvalue weighted by Gasteiger charge is 2.21. The summed E-state index contributed by atoms with van der Waals surface area (Å²) in [5.41, 5.74) is 4.35. The van der Waals surface area contributed by atoms with Crippen LogP contribution in [0.5, 0.6) is 0 Å². The quantitative estimate of drug-likeness (QED) is 0.114. The zero-order chi connectivity index (χ0) is 25.9. The third-order valence-corrected chi connectivity index (χ3v) is 6.26. The maximum Gasteiger partial charge on any atom is 0.277 e. The molecule has 4 rings (SSSR count). The van der Waals surface area contributed by atoms with Crippen molar-refractivity contribution in [1.29, 1.82) is 0 Å². The molecule has 4 N–H and O–H groups in total. The molecule has 38 heavy (non-hydrogen) atoms. The van der Waals surface area contributed by atoms with Crippen LogP contribution in [0.4, 0.5) is 19.7 Å². The number of hydrogen-bond acceptors (Lipinski definition) is 8. The van der Waals surface area contributed by atoms with Gasteiger partial charge >= 0.3 is 0 Å². The Morgan fingerprint density at radius 2 is 1.95 bits per heavy atom. The number of fused-ring (bicyclic) bond motifs is 1. The Kier molecular flexibility index (Phi) is 13.9. The summed E-state index contributed by atoms with van der Waals surface area (Å²) < 4.78 is 12.5. The summed E-state index contributed by atoms with van der Waals surface area (Å²) in [6.07, 6.45) is 10.2. The zero-order valence-corrected chi connectivity index (χ0v) is 21.3. The van der Waals surface area contributed by atoms with E-state index in [1.165, 1.54) is 35.0 Å². The number of carbonyl (C=O) groups excluding carboxylic acids is 1. The maximum absolute atomic E-state index is 11.4. The zero-order valence-electron chi connectivity index (χ0n) is 20.6. The van der Waals surface area contributed by atoms with E-state index in [1.54, 1.807) is 5.48 Å². The first-order valence-corrected chi connectivity index (χ1v) is 11.7. The largest absolute Gasteiger partial charge is 0.350 e. The number of rotatable bonds is 7. The second-order valence-electron chi connectivity index (χ2n) is 8.31. The van der Waals surface area contributed by atoms with E-state index in [0.29, 0.717) is 11.9 Å². The molecule has 0 unspecified atom stereocenters. The Hall–Kier alpha value is -3.57. The number of amides is 1. The average molecular weight is 559 g/mol. The van der Waals surface area contributed by atoms with Crippen LogP contribution in [-0.2, 0) is 18.4 Å². The Labute approximate surface area is 222 Å². The molecule has 0 bridgehead atoms. The van der Waals surface area contributed by atoms with Crippen LogP contribution in [0.25, 0.3) is 10.9 Å². The van der Waals surface area contributed by atoms with Crippen LogP contribution in [0, 0.1) is 18.2 Å². The van der Waals surface area contributed by atoms with E-state index in [-0.39, 0.29) is 15.0 Å². The smallest absolute Gasteiger partial charge is 0.277 e. The molecular weight excluding hydrogens is 529 g/mol. The number of aryl methyl sites for hydroxylation is 1. The molecule has 10 nitrogen and oxygen atoms in total. The van der Waals surface area contributed by atoms with Crippen molar-refractivity contribution in [2.45, 2.75) is 19.3 Å². The summed E-state index contributed by atoms with van der Waals surface area (Å²) in [6, 6.07) is 6.05. The minimum absolute atomic E-state index is 0. The van der Waals surface area contributed by atoms with Crippen LogP contribution < -0.4 is 15.7 Å². The van der Waals surface area contributed by atoms with Crippen LogP contribution >= 0.6 is 11.6 Å². The summed E-state index contributed by atoms with van der Waals surface area (Å²) in [6.45, 7) is 3.71. The molecule has 0 aliphatic carbocycles. The first kappa shape index (κ1) is 32.5. The molecule has 0 spiro atoms. The highest BCUT2D eigenvalue weighted by atomic mass is 35.5. The topological polar surface area (TPSA) is 125 Å². The van der Waals surface area contributed by atoms with E-state index in [0.717, 1.165) is 56.6 Å². The molecular formula is C24H30ClF3N6O4. The van der Waals surface area contributed by atoms with E-state index in [2.05, 4.69) is 49.0 Å². The number of halogens is 4. The van der Waals surface area contributed by atoms with Crippen LogP contribution in [-0.4, -0.2) is 57.1 Å². The minimum atomic E-state index is -0.608. The molecule has 1 aliphatic rings. The highest BCUT2D eigenvalue weighted by Crippen LogP contribution is 2.25. The molecule has 0 atom stereocenters. The van der Waals surface area contributed by atoms with Gasteiger partial charge in [-0.3, -0.25) is 24.3 Å². The molecule has 208 valence electrons. The molecule has 1 aliphatic heterocycles. The first-order chi connectivity index (χ1) is 17.5. The molecule has 1 aromatic carbocycles. The van der Waals surface area contributed by atoms with E-state index in [1.807, 2.05) is 12.1 Å². The molecule has 14 heteroatoms. The number of carbonyl (C=O) groups is 1. The standard InChI is InChI=1S/C22H27ClN6O2.C2HFO2.2FH/c1-28-14-16(19-10-18(23)2-3-20(19)28)4-7-24-11-15-5-8-29(9-6-15)22-25-12-17(13-26-22)21(30)27-31;3-1-2-5-4;;/h2-3,10,12-15,24,31H,4-9,11H2,1H3,(H,27,30);4H;2*1H. The number of nitrogens with one attached hydrogen (secondary N) is 2. The van der Waals surface area contributed by atoms with Gasteiger partial charge in [0.1, 0.15) is 0 Å². The van der Waals surface area contributed by atoms with Crippen molar-refractivity contribution in [1.82, 2.24) is 25.3 Å². The lowest BCUT2D eigenvalue weighted by Gasteiger charge is -2.32. The Bertz CT molecular complexity index is 1210. The first-order valence-electron chi connectivity index (χ1n) is 11.3. The van der Waals surface area contributed by atoms with Gasteiger partial charge in [0, 0.05) is 54.7 Å². The lowest BCUT2D eigenvalue weighted by molar-refractivity contribution is -0.172. The Morgan fingerprint density at radius 3 is 2.53 bits per heavy atom. The predicted octanol–water partition coefficient (Wildman–Crippen LogP) is 3.46. The number of benzene rings is 1.